The Morgan fingerprint density at radius 1 is 1.42 bits per heavy atom. The first kappa shape index (κ1) is 14.0. The van der Waals surface area contributed by atoms with Crippen LogP contribution >= 0.6 is 12.4 Å². The zero-order chi connectivity index (χ0) is 12.5. The number of halogens is 2. The minimum Gasteiger partial charge on any atom is -0.339 e. The van der Waals surface area contributed by atoms with Crippen LogP contribution in [-0.2, 0) is 0 Å². The van der Waals surface area contributed by atoms with E-state index in [4.69, 9.17) is 4.52 Å². The number of nitrogens with one attached hydrogen (secondary N) is 1. The van der Waals surface area contributed by atoms with Crippen LogP contribution in [0.4, 0.5) is 4.39 Å². The van der Waals surface area contributed by atoms with Crippen molar-refractivity contribution in [3.05, 3.63) is 35.5 Å². The summed E-state index contributed by atoms with van der Waals surface area (Å²) in [6.07, 6.45) is 1.00. The molecule has 3 rings (SSSR count). The lowest BCUT2D eigenvalue weighted by Gasteiger charge is -1.99. The first-order valence-corrected chi connectivity index (χ1v) is 6.05. The average Bonchev–Trinajstić information content (AvgIpc) is 3.01. The molecule has 0 bridgehead atoms. The highest BCUT2D eigenvalue weighted by Gasteiger charge is 2.23. The van der Waals surface area contributed by atoms with E-state index < -0.39 is 0 Å². The summed E-state index contributed by atoms with van der Waals surface area (Å²) in [6, 6.07) is 4.97. The fourth-order valence-corrected chi connectivity index (χ4v) is 2.12. The number of benzene rings is 1. The van der Waals surface area contributed by atoms with Gasteiger partial charge in [-0.05, 0) is 31.5 Å². The van der Waals surface area contributed by atoms with Gasteiger partial charge in [-0.25, -0.2) is 4.39 Å². The minimum absolute atomic E-state index is 0. The molecule has 0 amide bonds. The van der Waals surface area contributed by atoms with Gasteiger partial charge in [0.2, 0.25) is 11.7 Å². The van der Waals surface area contributed by atoms with Crippen LogP contribution in [-0.4, -0.2) is 23.2 Å². The number of hydrogen-bond acceptors (Lipinski definition) is 4. The molecule has 0 aliphatic carbocycles. The van der Waals surface area contributed by atoms with Gasteiger partial charge in [0.25, 0.3) is 0 Å². The number of rotatable bonds is 2. The maximum atomic E-state index is 13.5. The zero-order valence-corrected chi connectivity index (χ0v) is 11.3. The van der Waals surface area contributed by atoms with Gasteiger partial charge in [0.05, 0.1) is 5.92 Å². The van der Waals surface area contributed by atoms with Crippen LogP contribution in [0.5, 0.6) is 0 Å². The molecular weight excluding hydrogens is 269 g/mol. The van der Waals surface area contributed by atoms with E-state index in [0.29, 0.717) is 22.8 Å². The molecule has 0 unspecified atom stereocenters. The Balaban J connectivity index is 0.00000133. The maximum Gasteiger partial charge on any atom is 0.231 e. The van der Waals surface area contributed by atoms with Crippen LogP contribution in [0, 0.1) is 12.7 Å². The second-order valence-corrected chi connectivity index (χ2v) is 4.61. The van der Waals surface area contributed by atoms with Gasteiger partial charge in [-0.2, -0.15) is 4.98 Å². The van der Waals surface area contributed by atoms with E-state index in [9.17, 15) is 4.39 Å². The second kappa shape index (κ2) is 5.67. The standard InChI is InChI=1S/C13H14FN3O.ClH/c1-8-2-3-9(6-11(8)14)12-16-13(18-17-12)10-4-5-15-7-10;/h2-3,6,10,15H,4-5,7H2,1H3;1H/t10-;/m1./s1. The Labute approximate surface area is 116 Å². The van der Waals surface area contributed by atoms with Crippen molar-refractivity contribution in [1.29, 1.82) is 0 Å². The minimum atomic E-state index is -0.249. The van der Waals surface area contributed by atoms with Gasteiger partial charge in [-0.15, -0.1) is 12.4 Å². The molecule has 1 aliphatic heterocycles. The summed E-state index contributed by atoms with van der Waals surface area (Å²) in [6.45, 7) is 3.57. The molecule has 1 N–H and O–H groups in total. The van der Waals surface area contributed by atoms with Gasteiger partial charge < -0.3 is 9.84 Å². The third kappa shape index (κ3) is 2.77. The van der Waals surface area contributed by atoms with Crippen molar-refractivity contribution >= 4 is 12.4 Å². The summed E-state index contributed by atoms with van der Waals surface area (Å²) in [7, 11) is 0. The van der Waals surface area contributed by atoms with Crippen molar-refractivity contribution in [3.63, 3.8) is 0 Å². The van der Waals surface area contributed by atoms with Crippen molar-refractivity contribution < 1.29 is 8.91 Å². The van der Waals surface area contributed by atoms with Crippen LogP contribution in [0.25, 0.3) is 11.4 Å². The van der Waals surface area contributed by atoms with Gasteiger partial charge in [-0.1, -0.05) is 17.3 Å². The molecule has 1 fully saturated rings. The van der Waals surface area contributed by atoms with Gasteiger partial charge in [0, 0.05) is 12.1 Å². The van der Waals surface area contributed by atoms with E-state index in [2.05, 4.69) is 15.5 Å². The fraction of sp³-hybridized carbons (Fsp3) is 0.385. The molecule has 1 atom stereocenters. The zero-order valence-electron chi connectivity index (χ0n) is 10.5. The predicted octanol–water partition coefficient (Wildman–Crippen LogP) is 2.68. The lowest BCUT2D eigenvalue weighted by molar-refractivity contribution is 0.359. The molecule has 1 aliphatic rings. The molecule has 19 heavy (non-hydrogen) atoms. The highest BCUT2D eigenvalue weighted by atomic mass is 35.5. The molecular formula is C13H15ClFN3O. The topological polar surface area (TPSA) is 51.0 Å². The van der Waals surface area contributed by atoms with E-state index >= 15 is 0 Å². The number of aromatic nitrogens is 2. The van der Waals surface area contributed by atoms with E-state index in [1.54, 1.807) is 19.1 Å². The summed E-state index contributed by atoms with van der Waals surface area (Å²) in [5, 5.41) is 7.17. The van der Waals surface area contributed by atoms with Crippen molar-refractivity contribution in [3.8, 4) is 11.4 Å². The Morgan fingerprint density at radius 2 is 2.26 bits per heavy atom. The molecule has 2 heterocycles. The molecule has 0 saturated carbocycles. The third-order valence-corrected chi connectivity index (χ3v) is 3.28. The lowest BCUT2D eigenvalue weighted by Crippen LogP contribution is -2.08. The Bertz CT molecular complexity index is 567. The number of nitrogens with zero attached hydrogens (tertiary/aromatic N) is 2. The summed E-state index contributed by atoms with van der Waals surface area (Å²) < 4.78 is 18.7. The maximum absolute atomic E-state index is 13.5. The predicted molar refractivity (Wildman–Crippen MR) is 71.9 cm³/mol. The normalized spacial score (nSPS) is 18.3. The monoisotopic (exact) mass is 283 g/mol. The Hall–Kier alpha value is -1.46. The van der Waals surface area contributed by atoms with Crippen molar-refractivity contribution in [2.24, 2.45) is 0 Å². The highest BCUT2D eigenvalue weighted by molar-refractivity contribution is 5.85. The van der Waals surface area contributed by atoms with Crippen molar-refractivity contribution in [1.82, 2.24) is 15.5 Å². The molecule has 102 valence electrons. The average molecular weight is 284 g/mol. The molecule has 6 heteroatoms. The van der Waals surface area contributed by atoms with Crippen LogP contribution < -0.4 is 5.32 Å². The summed E-state index contributed by atoms with van der Waals surface area (Å²) in [5.74, 6) is 1.12. The summed E-state index contributed by atoms with van der Waals surface area (Å²) >= 11 is 0. The van der Waals surface area contributed by atoms with E-state index in [0.717, 1.165) is 19.5 Å². The van der Waals surface area contributed by atoms with Gasteiger partial charge in [0.15, 0.2) is 0 Å². The van der Waals surface area contributed by atoms with Crippen molar-refractivity contribution in [2.75, 3.05) is 13.1 Å². The van der Waals surface area contributed by atoms with Gasteiger partial charge >= 0.3 is 0 Å². The lowest BCUT2D eigenvalue weighted by atomic mass is 10.1. The molecule has 1 aromatic heterocycles. The molecule has 2 aromatic rings. The van der Waals surface area contributed by atoms with Crippen LogP contribution in [0.1, 0.15) is 23.8 Å². The molecule has 1 saturated heterocycles. The van der Waals surface area contributed by atoms with Gasteiger partial charge in [0.1, 0.15) is 5.82 Å². The van der Waals surface area contributed by atoms with Gasteiger partial charge in [-0.3, -0.25) is 0 Å². The van der Waals surface area contributed by atoms with E-state index in [-0.39, 0.29) is 24.1 Å². The molecule has 4 nitrogen and oxygen atoms in total. The molecule has 1 aromatic carbocycles. The SMILES string of the molecule is Cc1ccc(-c2noc([C@@H]3CCNC3)n2)cc1F.Cl. The van der Waals surface area contributed by atoms with Crippen LogP contribution in [0.3, 0.4) is 0 Å². The summed E-state index contributed by atoms with van der Waals surface area (Å²) in [5.41, 5.74) is 1.27. The first-order chi connectivity index (χ1) is 8.74. The van der Waals surface area contributed by atoms with Crippen molar-refractivity contribution in [2.45, 2.75) is 19.3 Å². The molecule has 0 spiro atoms. The Kier molecular flexibility index (Phi) is 4.17. The van der Waals surface area contributed by atoms with E-state index in [1.807, 2.05) is 0 Å². The Morgan fingerprint density at radius 3 is 2.95 bits per heavy atom. The second-order valence-electron chi connectivity index (χ2n) is 4.61. The van der Waals surface area contributed by atoms with Crippen LogP contribution in [0.15, 0.2) is 22.7 Å². The quantitative estimate of drug-likeness (QED) is 0.921. The third-order valence-electron chi connectivity index (χ3n) is 3.28. The largest absolute Gasteiger partial charge is 0.339 e. The van der Waals surface area contributed by atoms with E-state index in [1.165, 1.54) is 6.07 Å². The fourth-order valence-electron chi connectivity index (χ4n) is 2.12. The number of aryl methyl sites for hydroxylation is 1. The highest BCUT2D eigenvalue weighted by Crippen LogP contribution is 2.24. The number of hydrogen-bond donors (Lipinski definition) is 1. The summed E-state index contributed by atoms with van der Waals surface area (Å²) in [4.78, 5) is 4.35. The molecule has 0 radical (unpaired) electrons. The smallest absolute Gasteiger partial charge is 0.231 e. The first-order valence-electron chi connectivity index (χ1n) is 6.05. The van der Waals surface area contributed by atoms with Crippen LogP contribution in [0.2, 0.25) is 0 Å².